The van der Waals surface area contributed by atoms with E-state index in [1.165, 1.54) is 0 Å². The summed E-state index contributed by atoms with van der Waals surface area (Å²) in [4.78, 5) is 0. The summed E-state index contributed by atoms with van der Waals surface area (Å²) < 4.78 is 2.07. The fraction of sp³-hybridized carbons (Fsp3) is 0.667. The van der Waals surface area contributed by atoms with Crippen LogP contribution in [0.3, 0.4) is 0 Å². The summed E-state index contributed by atoms with van der Waals surface area (Å²) in [6.45, 7) is 8.83. The van der Waals surface area contributed by atoms with Crippen molar-refractivity contribution in [1.82, 2.24) is 0 Å². The van der Waals surface area contributed by atoms with Crippen molar-refractivity contribution in [2.75, 3.05) is 0 Å². The standard InChI is InChI=1S/C12H18Br2OS/c1-7(12(2,3)4)5-9(15)8-6-10(13)16-11(8)14/h6-7,9,15H,5H2,1-4H3. The first-order valence-corrected chi connectivity index (χ1v) is 7.75. The maximum atomic E-state index is 10.2. The third kappa shape index (κ3) is 3.83. The van der Waals surface area contributed by atoms with E-state index in [9.17, 15) is 5.11 Å². The van der Waals surface area contributed by atoms with Gasteiger partial charge in [-0.1, -0.05) is 27.7 Å². The van der Waals surface area contributed by atoms with Crippen molar-refractivity contribution in [3.8, 4) is 0 Å². The summed E-state index contributed by atoms with van der Waals surface area (Å²) in [6.07, 6.45) is 0.414. The van der Waals surface area contributed by atoms with Gasteiger partial charge in [-0.2, -0.15) is 0 Å². The van der Waals surface area contributed by atoms with Crippen molar-refractivity contribution in [3.05, 3.63) is 19.2 Å². The van der Waals surface area contributed by atoms with Crippen LogP contribution in [0.4, 0.5) is 0 Å². The number of rotatable bonds is 3. The van der Waals surface area contributed by atoms with E-state index in [0.717, 1.165) is 19.6 Å². The molecule has 0 aliphatic heterocycles. The van der Waals surface area contributed by atoms with Crippen LogP contribution in [0.5, 0.6) is 0 Å². The highest BCUT2D eigenvalue weighted by Crippen LogP contribution is 2.39. The molecule has 1 heterocycles. The molecule has 0 saturated carbocycles. The minimum atomic E-state index is -0.383. The summed E-state index contributed by atoms with van der Waals surface area (Å²) in [5, 5.41) is 10.2. The molecule has 1 aromatic heterocycles. The quantitative estimate of drug-likeness (QED) is 0.758. The summed E-state index contributed by atoms with van der Waals surface area (Å²) in [5.41, 5.74) is 1.23. The van der Waals surface area contributed by atoms with Crippen LogP contribution in [0.1, 0.15) is 45.8 Å². The Morgan fingerprint density at radius 1 is 1.38 bits per heavy atom. The zero-order valence-electron chi connectivity index (χ0n) is 10.1. The number of aliphatic hydroxyl groups is 1. The van der Waals surface area contributed by atoms with E-state index in [0.29, 0.717) is 5.92 Å². The lowest BCUT2D eigenvalue weighted by atomic mass is 9.78. The largest absolute Gasteiger partial charge is 0.388 e. The molecular formula is C12H18Br2OS. The molecule has 4 heteroatoms. The van der Waals surface area contributed by atoms with Crippen LogP contribution in [0.25, 0.3) is 0 Å². The van der Waals surface area contributed by atoms with Gasteiger partial charge < -0.3 is 5.11 Å². The monoisotopic (exact) mass is 368 g/mol. The lowest BCUT2D eigenvalue weighted by Crippen LogP contribution is -2.19. The van der Waals surface area contributed by atoms with Gasteiger partial charge in [-0.15, -0.1) is 11.3 Å². The molecule has 0 aliphatic carbocycles. The van der Waals surface area contributed by atoms with Crippen molar-refractivity contribution >= 4 is 43.2 Å². The number of hydrogen-bond donors (Lipinski definition) is 1. The van der Waals surface area contributed by atoms with Gasteiger partial charge in [-0.3, -0.25) is 0 Å². The maximum absolute atomic E-state index is 10.2. The molecule has 0 bridgehead atoms. The summed E-state index contributed by atoms with van der Waals surface area (Å²) in [5.74, 6) is 0.480. The summed E-state index contributed by atoms with van der Waals surface area (Å²) in [6, 6.07) is 1.99. The van der Waals surface area contributed by atoms with Crippen molar-refractivity contribution in [2.24, 2.45) is 11.3 Å². The predicted molar refractivity (Wildman–Crippen MR) is 77.9 cm³/mol. The molecule has 0 amide bonds. The van der Waals surface area contributed by atoms with Crippen molar-refractivity contribution in [1.29, 1.82) is 0 Å². The fourth-order valence-corrected chi connectivity index (χ4v) is 4.35. The molecule has 1 N–H and O–H groups in total. The average molecular weight is 370 g/mol. The van der Waals surface area contributed by atoms with Gasteiger partial charge in [0.2, 0.25) is 0 Å². The Bertz CT molecular complexity index is 354. The van der Waals surface area contributed by atoms with Gasteiger partial charge in [-0.25, -0.2) is 0 Å². The van der Waals surface area contributed by atoms with Crippen molar-refractivity contribution in [2.45, 2.75) is 40.2 Å². The van der Waals surface area contributed by atoms with E-state index in [-0.39, 0.29) is 11.5 Å². The zero-order valence-corrected chi connectivity index (χ0v) is 14.0. The molecule has 92 valence electrons. The van der Waals surface area contributed by atoms with Crippen LogP contribution in [-0.2, 0) is 0 Å². The highest BCUT2D eigenvalue weighted by molar-refractivity contribution is 9.12. The lowest BCUT2D eigenvalue weighted by Gasteiger charge is -2.29. The number of aliphatic hydroxyl groups excluding tert-OH is 1. The second-order valence-electron chi connectivity index (χ2n) is 5.30. The Morgan fingerprint density at radius 3 is 2.31 bits per heavy atom. The topological polar surface area (TPSA) is 20.2 Å². The van der Waals surface area contributed by atoms with Gasteiger partial charge in [0.15, 0.2) is 0 Å². The molecule has 1 rings (SSSR count). The second-order valence-corrected chi connectivity index (χ2v) is 9.05. The van der Waals surface area contributed by atoms with Crippen LogP contribution >= 0.6 is 43.2 Å². The molecule has 0 fully saturated rings. The molecule has 0 spiro atoms. The van der Waals surface area contributed by atoms with E-state index in [4.69, 9.17) is 0 Å². The molecule has 2 unspecified atom stereocenters. The minimum absolute atomic E-state index is 0.237. The van der Waals surface area contributed by atoms with Crippen LogP contribution < -0.4 is 0 Å². The third-order valence-corrected chi connectivity index (χ3v) is 5.48. The smallest absolute Gasteiger partial charge is 0.0812 e. The first-order chi connectivity index (χ1) is 7.21. The second kappa shape index (κ2) is 5.51. The van der Waals surface area contributed by atoms with Crippen LogP contribution in [0.15, 0.2) is 13.6 Å². The van der Waals surface area contributed by atoms with E-state index < -0.39 is 0 Å². The van der Waals surface area contributed by atoms with Gasteiger partial charge in [0.05, 0.1) is 13.7 Å². The molecule has 0 saturated heterocycles. The molecule has 1 nitrogen and oxygen atoms in total. The highest BCUT2D eigenvalue weighted by atomic mass is 79.9. The van der Waals surface area contributed by atoms with Gasteiger partial charge in [0, 0.05) is 5.56 Å². The molecule has 0 aliphatic rings. The van der Waals surface area contributed by atoms with Crippen LogP contribution in [0.2, 0.25) is 0 Å². The van der Waals surface area contributed by atoms with E-state index in [1.54, 1.807) is 11.3 Å². The highest BCUT2D eigenvalue weighted by Gasteiger charge is 2.24. The average Bonchev–Trinajstić information content (AvgIpc) is 2.43. The van der Waals surface area contributed by atoms with Gasteiger partial charge in [-0.05, 0) is 55.7 Å². The fourth-order valence-electron chi connectivity index (χ4n) is 1.40. The molecule has 16 heavy (non-hydrogen) atoms. The Morgan fingerprint density at radius 2 is 1.94 bits per heavy atom. The number of hydrogen-bond acceptors (Lipinski definition) is 2. The Hall–Kier alpha value is 0.620. The number of halogens is 2. The molecule has 1 aromatic rings. The third-order valence-electron chi connectivity index (χ3n) is 3.10. The minimum Gasteiger partial charge on any atom is -0.388 e. The van der Waals surface area contributed by atoms with Crippen molar-refractivity contribution in [3.63, 3.8) is 0 Å². The molecule has 0 aromatic carbocycles. The van der Waals surface area contributed by atoms with Crippen LogP contribution in [0, 0.1) is 11.3 Å². The Balaban J connectivity index is 2.73. The lowest BCUT2D eigenvalue weighted by molar-refractivity contribution is 0.110. The van der Waals surface area contributed by atoms with Gasteiger partial charge >= 0.3 is 0 Å². The van der Waals surface area contributed by atoms with E-state index >= 15 is 0 Å². The van der Waals surface area contributed by atoms with Gasteiger partial charge in [0.25, 0.3) is 0 Å². The molecular weight excluding hydrogens is 352 g/mol. The normalized spacial score (nSPS) is 16.2. The first-order valence-electron chi connectivity index (χ1n) is 5.34. The first kappa shape index (κ1) is 14.7. The summed E-state index contributed by atoms with van der Waals surface area (Å²) in [7, 11) is 0. The van der Waals surface area contributed by atoms with E-state index in [1.807, 2.05) is 6.07 Å². The van der Waals surface area contributed by atoms with Crippen LogP contribution in [-0.4, -0.2) is 5.11 Å². The Labute approximate surface area is 119 Å². The van der Waals surface area contributed by atoms with Crippen molar-refractivity contribution < 1.29 is 5.11 Å². The van der Waals surface area contributed by atoms with E-state index in [2.05, 4.69) is 59.6 Å². The maximum Gasteiger partial charge on any atom is 0.0812 e. The molecule has 0 radical (unpaired) electrons. The SMILES string of the molecule is CC(CC(O)c1cc(Br)sc1Br)C(C)(C)C. The number of thiophene rings is 1. The zero-order chi connectivity index (χ0) is 12.5. The summed E-state index contributed by atoms with van der Waals surface area (Å²) >= 11 is 8.53. The molecule has 2 atom stereocenters. The predicted octanol–water partition coefficient (Wildman–Crippen LogP) is 5.38. The Kier molecular flexibility index (Phi) is 5.05. The van der Waals surface area contributed by atoms with Gasteiger partial charge in [0.1, 0.15) is 0 Å².